The molecule has 2 rings (SSSR count). The summed E-state index contributed by atoms with van der Waals surface area (Å²) in [4.78, 5) is 69.6. The van der Waals surface area contributed by atoms with Crippen molar-refractivity contribution in [3.63, 3.8) is 0 Å². The Bertz CT molecular complexity index is 996. The predicted molar refractivity (Wildman–Crippen MR) is 90.5 cm³/mol. The van der Waals surface area contributed by atoms with Gasteiger partial charge in [-0.15, -0.1) is 0 Å². The number of carboxylic acid groups (broad SMARTS) is 4. The number of carbonyl (C=O) groups excluding carboxylic acids is 2. The van der Waals surface area contributed by atoms with E-state index < -0.39 is 69.2 Å². The molecule has 0 aliphatic heterocycles. The van der Waals surface area contributed by atoms with E-state index in [1.54, 1.807) is 0 Å². The molecule has 0 aliphatic carbocycles. The number of carboxylic acids is 4. The van der Waals surface area contributed by atoms with Gasteiger partial charge in [-0.25, -0.2) is 28.8 Å². The van der Waals surface area contributed by atoms with Crippen molar-refractivity contribution in [3.05, 3.63) is 69.8 Å². The van der Waals surface area contributed by atoms with Gasteiger partial charge in [-0.2, -0.15) is 0 Å². The molecule has 11 heteroatoms. The first kappa shape index (κ1) is 20.8. The highest BCUT2D eigenvalue weighted by Gasteiger charge is 2.29. The van der Waals surface area contributed by atoms with Gasteiger partial charge in [0.15, 0.2) is 0 Å². The number of benzene rings is 2. The van der Waals surface area contributed by atoms with Gasteiger partial charge in [-0.3, -0.25) is 0 Å². The fourth-order valence-electron chi connectivity index (χ4n) is 2.46. The Morgan fingerprint density at radius 3 is 1.10 bits per heavy atom. The standard InChI is InChI=1S/C18H10O11/c19-13(20)7-3-1-5-9(11(7)15(23)24)17(27)29-18(28)10-6-2-4-8(14(21)22)12(10)16(25)26/h1-6H,(H,19,20)(H,21,22)(H,23,24)(H,25,26). The van der Waals surface area contributed by atoms with E-state index in [1.165, 1.54) is 0 Å². The summed E-state index contributed by atoms with van der Waals surface area (Å²) in [5.41, 5.74) is -4.88. The Morgan fingerprint density at radius 1 is 0.517 bits per heavy atom. The summed E-state index contributed by atoms with van der Waals surface area (Å²) in [6, 6.07) is 5.73. The van der Waals surface area contributed by atoms with E-state index in [1.807, 2.05) is 0 Å². The lowest BCUT2D eigenvalue weighted by atomic mass is 10.00. The van der Waals surface area contributed by atoms with Gasteiger partial charge in [0.05, 0.1) is 33.4 Å². The van der Waals surface area contributed by atoms with Crippen molar-refractivity contribution in [1.82, 2.24) is 0 Å². The first-order chi connectivity index (χ1) is 13.6. The lowest BCUT2D eigenvalue weighted by Gasteiger charge is -2.10. The summed E-state index contributed by atoms with van der Waals surface area (Å²) in [5.74, 6) is -9.97. The molecule has 2 aromatic rings. The van der Waals surface area contributed by atoms with Crippen LogP contribution in [0.15, 0.2) is 36.4 Å². The van der Waals surface area contributed by atoms with Gasteiger partial charge in [-0.1, -0.05) is 12.1 Å². The molecule has 0 heterocycles. The molecule has 0 amide bonds. The summed E-state index contributed by atoms with van der Waals surface area (Å²) in [6.45, 7) is 0. The van der Waals surface area contributed by atoms with Gasteiger partial charge >= 0.3 is 35.8 Å². The Morgan fingerprint density at radius 2 is 0.828 bits per heavy atom. The van der Waals surface area contributed by atoms with Crippen LogP contribution in [0.5, 0.6) is 0 Å². The number of ether oxygens (including phenoxy) is 1. The number of esters is 2. The molecule has 0 radical (unpaired) electrons. The van der Waals surface area contributed by atoms with Crippen molar-refractivity contribution in [1.29, 1.82) is 0 Å². The molecule has 29 heavy (non-hydrogen) atoms. The molecule has 2 aromatic carbocycles. The van der Waals surface area contributed by atoms with Crippen molar-refractivity contribution < 1.29 is 53.9 Å². The predicted octanol–water partition coefficient (Wildman–Crippen LogP) is 1.48. The van der Waals surface area contributed by atoms with E-state index in [4.69, 9.17) is 10.2 Å². The minimum atomic E-state index is -1.78. The maximum atomic E-state index is 12.3. The van der Waals surface area contributed by atoms with Crippen LogP contribution in [0.4, 0.5) is 0 Å². The van der Waals surface area contributed by atoms with Crippen LogP contribution in [0.2, 0.25) is 0 Å². The van der Waals surface area contributed by atoms with Crippen molar-refractivity contribution in [3.8, 4) is 0 Å². The summed E-state index contributed by atoms with van der Waals surface area (Å²) >= 11 is 0. The Kier molecular flexibility index (Phi) is 5.73. The average Bonchev–Trinajstić information content (AvgIpc) is 2.66. The third kappa shape index (κ3) is 4.08. The van der Waals surface area contributed by atoms with Crippen LogP contribution in [0.1, 0.15) is 62.1 Å². The van der Waals surface area contributed by atoms with Crippen molar-refractivity contribution >= 4 is 35.8 Å². The van der Waals surface area contributed by atoms with Crippen LogP contribution < -0.4 is 0 Å². The molecule has 0 saturated carbocycles. The first-order valence-electron chi connectivity index (χ1n) is 7.52. The van der Waals surface area contributed by atoms with Crippen molar-refractivity contribution in [2.45, 2.75) is 0 Å². The molecule has 11 nitrogen and oxygen atoms in total. The highest BCUT2D eigenvalue weighted by atomic mass is 16.6. The van der Waals surface area contributed by atoms with E-state index in [0.29, 0.717) is 0 Å². The second kappa shape index (κ2) is 8.00. The molecule has 0 unspecified atom stereocenters. The van der Waals surface area contributed by atoms with Crippen LogP contribution >= 0.6 is 0 Å². The number of hydrogen-bond acceptors (Lipinski definition) is 7. The zero-order chi connectivity index (χ0) is 21.9. The molecule has 4 N–H and O–H groups in total. The van der Waals surface area contributed by atoms with Crippen LogP contribution in [-0.2, 0) is 4.74 Å². The van der Waals surface area contributed by atoms with E-state index in [2.05, 4.69) is 4.74 Å². The molecule has 0 bridgehead atoms. The molecule has 0 fully saturated rings. The number of hydrogen-bond donors (Lipinski definition) is 4. The second-order valence-corrected chi connectivity index (χ2v) is 5.35. The van der Waals surface area contributed by atoms with Crippen LogP contribution in [0.3, 0.4) is 0 Å². The molecule has 148 valence electrons. The van der Waals surface area contributed by atoms with Gasteiger partial charge < -0.3 is 25.2 Å². The smallest absolute Gasteiger partial charge is 0.346 e. The molecule has 0 saturated heterocycles. The highest BCUT2D eigenvalue weighted by molar-refractivity contribution is 6.14. The van der Waals surface area contributed by atoms with E-state index in [9.17, 15) is 39.0 Å². The number of rotatable bonds is 6. The first-order valence-corrected chi connectivity index (χ1v) is 7.52. The third-order valence-electron chi connectivity index (χ3n) is 3.64. The van der Waals surface area contributed by atoms with Crippen molar-refractivity contribution in [2.24, 2.45) is 0 Å². The van der Waals surface area contributed by atoms with Gasteiger partial charge in [0, 0.05) is 0 Å². The quantitative estimate of drug-likeness (QED) is 0.404. The van der Waals surface area contributed by atoms with E-state index in [-0.39, 0.29) is 0 Å². The third-order valence-corrected chi connectivity index (χ3v) is 3.64. The Balaban J connectivity index is 2.50. The largest absolute Gasteiger partial charge is 0.478 e. The molecular formula is C18H10O11. The Hall–Kier alpha value is -4.54. The Labute approximate surface area is 160 Å². The molecule has 0 aromatic heterocycles. The van der Waals surface area contributed by atoms with Gasteiger partial charge in [-0.05, 0) is 24.3 Å². The number of carbonyl (C=O) groups is 6. The highest BCUT2D eigenvalue weighted by Crippen LogP contribution is 2.20. The molecule has 0 atom stereocenters. The van der Waals surface area contributed by atoms with E-state index >= 15 is 0 Å². The van der Waals surface area contributed by atoms with E-state index in [0.717, 1.165) is 36.4 Å². The maximum absolute atomic E-state index is 12.3. The summed E-state index contributed by atoms with van der Waals surface area (Å²) in [7, 11) is 0. The molecule has 0 aliphatic rings. The van der Waals surface area contributed by atoms with Gasteiger partial charge in [0.1, 0.15) is 0 Å². The lowest BCUT2D eigenvalue weighted by molar-refractivity contribution is 0.0386. The van der Waals surface area contributed by atoms with Crippen LogP contribution in [-0.4, -0.2) is 56.2 Å². The SMILES string of the molecule is O=C(O)c1cccc(C(=O)OC(=O)c2cccc(C(=O)O)c2C(=O)O)c1C(=O)O. The minimum Gasteiger partial charge on any atom is -0.478 e. The monoisotopic (exact) mass is 402 g/mol. The van der Waals surface area contributed by atoms with Crippen LogP contribution in [0, 0.1) is 0 Å². The van der Waals surface area contributed by atoms with Crippen molar-refractivity contribution in [2.75, 3.05) is 0 Å². The van der Waals surface area contributed by atoms with Gasteiger partial charge in [0.2, 0.25) is 0 Å². The normalized spacial score (nSPS) is 10.1. The minimum absolute atomic E-state index is 0.738. The summed E-state index contributed by atoms with van der Waals surface area (Å²) in [6.07, 6.45) is 0. The zero-order valence-electron chi connectivity index (χ0n) is 14.1. The zero-order valence-corrected chi connectivity index (χ0v) is 14.1. The summed E-state index contributed by atoms with van der Waals surface area (Å²) in [5, 5.41) is 36.5. The number of aromatic carboxylic acids is 4. The fraction of sp³-hybridized carbons (Fsp3) is 0. The second-order valence-electron chi connectivity index (χ2n) is 5.35. The van der Waals surface area contributed by atoms with Gasteiger partial charge in [0.25, 0.3) is 0 Å². The maximum Gasteiger partial charge on any atom is 0.346 e. The fourth-order valence-corrected chi connectivity index (χ4v) is 2.46. The molecule has 0 spiro atoms. The lowest BCUT2D eigenvalue weighted by Crippen LogP contribution is -2.21. The van der Waals surface area contributed by atoms with Crippen LogP contribution in [0.25, 0.3) is 0 Å². The topological polar surface area (TPSA) is 193 Å². The average molecular weight is 402 g/mol. The summed E-state index contributed by atoms with van der Waals surface area (Å²) < 4.78 is 4.48. The molecular weight excluding hydrogens is 392 g/mol.